The third-order valence-corrected chi connectivity index (χ3v) is 8.17. The molecule has 7 nitrogen and oxygen atoms in total. The number of benzene rings is 1. The summed E-state index contributed by atoms with van der Waals surface area (Å²) in [6.45, 7) is 13.1. The average Bonchev–Trinajstić information content (AvgIpc) is 3.16. The smallest absolute Gasteiger partial charge is 0.459 e. The molecule has 31 heavy (non-hydrogen) atoms. The van der Waals surface area contributed by atoms with Gasteiger partial charge in [0.2, 0.25) is 10.0 Å². The number of carbonyl (C=O) groups excluding carboxylic acids is 1. The fourth-order valence-corrected chi connectivity index (χ4v) is 5.69. The van der Waals surface area contributed by atoms with E-state index in [0.29, 0.717) is 23.3 Å². The highest BCUT2D eigenvalue weighted by Gasteiger charge is 2.53. The molecule has 0 amide bonds. The van der Waals surface area contributed by atoms with Crippen molar-refractivity contribution < 1.29 is 27.3 Å². The van der Waals surface area contributed by atoms with Crippen LogP contribution in [0.3, 0.4) is 0 Å². The van der Waals surface area contributed by atoms with E-state index in [1.165, 1.54) is 16.4 Å². The van der Waals surface area contributed by atoms with Crippen LogP contribution in [0.1, 0.15) is 61.3 Å². The zero-order chi connectivity index (χ0) is 23.4. The third-order valence-electron chi connectivity index (χ3n) is 5.95. The largest absolute Gasteiger partial charge is 0.496 e. The summed E-state index contributed by atoms with van der Waals surface area (Å²) in [4.78, 5) is 12.7. The topological polar surface area (TPSA) is 82.1 Å². The zero-order valence-electron chi connectivity index (χ0n) is 19.2. The van der Waals surface area contributed by atoms with Gasteiger partial charge >= 0.3 is 13.1 Å². The first kappa shape index (κ1) is 24.5. The number of ether oxygens (including phenoxy) is 1. The Morgan fingerprint density at radius 2 is 1.77 bits per heavy atom. The summed E-state index contributed by atoms with van der Waals surface area (Å²) in [7, 11) is -4.94. The number of nitrogens with zero attached hydrogens (tertiary/aromatic N) is 1. The fraction of sp³-hybridized carbons (Fsp3) is 0.667. The summed E-state index contributed by atoms with van der Waals surface area (Å²) in [5.41, 5.74) is -1.68. The second kappa shape index (κ2) is 8.03. The van der Waals surface area contributed by atoms with Gasteiger partial charge in [0.1, 0.15) is 11.6 Å². The molecule has 1 aromatic carbocycles. The van der Waals surface area contributed by atoms with Crippen molar-refractivity contribution in [1.29, 1.82) is 0 Å². The normalized spacial score (nSPS) is 23.9. The molecule has 172 valence electrons. The highest BCUT2D eigenvalue weighted by molar-refractivity contribution is 7.89. The number of sulfonamides is 1. The minimum Gasteiger partial charge on any atom is -0.459 e. The minimum absolute atomic E-state index is 0.0193. The Hall–Kier alpha value is -1.13. The Kier molecular flexibility index (Phi) is 6.35. The standard InChI is InChI=1S/C21H31BClNO6S/c1-19(2,3)28-18(25)16-9-8-12-24(16)31(26,27)17-11-10-14(23)13-15(17)22-29-20(4,5)21(6,7)30-22/h10-11,13,16H,8-9,12H2,1-7H3/t16-/m0/s1. The summed E-state index contributed by atoms with van der Waals surface area (Å²) in [5.74, 6) is -0.542. The van der Waals surface area contributed by atoms with Gasteiger partial charge in [-0.15, -0.1) is 0 Å². The molecule has 0 saturated carbocycles. The molecule has 3 rings (SSSR count). The summed E-state index contributed by atoms with van der Waals surface area (Å²) in [5, 5.41) is 0.369. The molecule has 0 unspecified atom stereocenters. The summed E-state index contributed by atoms with van der Waals surface area (Å²) < 4.78 is 46.2. The van der Waals surface area contributed by atoms with Gasteiger partial charge < -0.3 is 14.0 Å². The molecule has 0 N–H and O–H groups in total. The van der Waals surface area contributed by atoms with Crippen molar-refractivity contribution in [3.05, 3.63) is 23.2 Å². The molecule has 10 heteroatoms. The quantitative estimate of drug-likeness (QED) is 0.496. The zero-order valence-corrected chi connectivity index (χ0v) is 20.8. The van der Waals surface area contributed by atoms with Gasteiger partial charge in [-0.05, 0) is 79.5 Å². The minimum atomic E-state index is -4.03. The molecule has 1 aromatic rings. The molecule has 2 aliphatic heterocycles. The van der Waals surface area contributed by atoms with Crippen LogP contribution in [0, 0.1) is 0 Å². The first-order chi connectivity index (χ1) is 14.1. The van der Waals surface area contributed by atoms with Crippen LogP contribution in [-0.4, -0.2) is 55.2 Å². The van der Waals surface area contributed by atoms with Crippen LogP contribution in [0.5, 0.6) is 0 Å². The van der Waals surface area contributed by atoms with Crippen molar-refractivity contribution in [3.63, 3.8) is 0 Å². The van der Waals surface area contributed by atoms with Crippen molar-refractivity contribution in [3.8, 4) is 0 Å². The van der Waals surface area contributed by atoms with Crippen molar-refractivity contribution >= 4 is 40.2 Å². The maximum absolute atomic E-state index is 13.7. The number of hydrogen-bond acceptors (Lipinski definition) is 6. The van der Waals surface area contributed by atoms with Gasteiger partial charge in [-0.3, -0.25) is 4.79 Å². The van der Waals surface area contributed by atoms with E-state index < -0.39 is 46.0 Å². The average molecular weight is 472 g/mol. The maximum Gasteiger partial charge on any atom is 0.496 e. The first-order valence-corrected chi connectivity index (χ1v) is 12.3. The Labute approximate surface area is 190 Å². The molecule has 0 aliphatic carbocycles. The maximum atomic E-state index is 13.7. The van der Waals surface area contributed by atoms with Crippen LogP contribution in [-0.2, 0) is 28.9 Å². The van der Waals surface area contributed by atoms with Crippen LogP contribution in [0.15, 0.2) is 23.1 Å². The van der Waals surface area contributed by atoms with Crippen LogP contribution in [0.25, 0.3) is 0 Å². The fourth-order valence-electron chi connectivity index (χ4n) is 3.67. The Balaban J connectivity index is 2.00. The Morgan fingerprint density at radius 1 is 1.19 bits per heavy atom. The number of rotatable bonds is 4. The first-order valence-electron chi connectivity index (χ1n) is 10.4. The van der Waals surface area contributed by atoms with E-state index in [0.717, 1.165) is 0 Å². The molecule has 2 aliphatic rings. The van der Waals surface area contributed by atoms with Crippen molar-refractivity contribution in [1.82, 2.24) is 4.31 Å². The number of carbonyl (C=O) groups is 1. The van der Waals surface area contributed by atoms with Gasteiger partial charge in [0.15, 0.2) is 0 Å². The predicted molar refractivity (Wildman–Crippen MR) is 120 cm³/mol. The summed E-state index contributed by atoms with van der Waals surface area (Å²) in [6, 6.07) is 3.64. The molecule has 2 fully saturated rings. The lowest BCUT2D eigenvalue weighted by Crippen LogP contribution is -2.46. The van der Waals surface area contributed by atoms with Gasteiger partial charge in [-0.2, -0.15) is 4.31 Å². The van der Waals surface area contributed by atoms with Crippen molar-refractivity contribution in [2.75, 3.05) is 6.54 Å². The van der Waals surface area contributed by atoms with E-state index >= 15 is 0 Å². The highest BCUT2D eigenvalue weighted by Crippen LogP contribution is 2.37. The van der Waals surface area contributed by atoms with Crippen LogP contribution in [0.4, 0.5) is 0 Å². The summed E-state index contributed by atoms with van der Waals surface area (Å²) >= 11 is 6.21. The van der Waals surface area contributed by atoms with Crippen LogP contribution >= 0.6 is 11.6 Å². The van der Waals surface area contributed by atoms with E-state index in [-0.39, 0.29) is 11.4 Å². The number of halogens is 1. The molecular weight excluding hydrogens is 441 g/mol. The lowest BCUT2D eigenvalue weighted by Gasteiger charge is -2.32. The van der Waals surface area contributed by atoms with Gasteiger partial charge in [0, 0.05) is 17.0 Å². The molecule has 0 radical (unpaired) electrons. The molecule has 0 spiro atoms. The molecule has 0 bridgehead atoms. The Bertz CT molecular complexity index is 957. The van der Waals surface area contributed by atoms with Crippen LogP contribution in [0.2, 0.25) is 5.02 Å². The summed E-state index contributed by atoms with van der Waals surface area (Å²) in [6.07, 6.45) is 0.982. The Morgan fingerprint density at radius 3 is 2.32 bits per heavy atom. The van der Waals surface area contributed by atoms with Gasteiger partial charge in [-0.1, -0.05) is 11.6 Å². The molecular formula is C21H31BClNO6S. The van der Waals surface area contributed by atoms with E-state index in [4.69, 9.17) is 25.6 Å². The second-order valence-corrected chi connectivity index (χ2v) is 12.4. The van der Waals surface area contributed by atoms with Crippen molar-refractivity contribution in [2.24, 2.45) is 0 Å². The number of hydrogen-bond donors (Lipinski definition) is 0. The molecule has 1 atom stereocenters. The number of esters is 1. The highest BCUT2D eigenvalue weighted by atomic mass is 35.5. The molecule has 2 heterocycles. The van der Waals surface area contributed by atoms with E-state index in [9.17, 15) is 13.2 Å². The predicted octanol–water partition coefficient (Wildman–Crippen LogP) is 3.13. The molecule has 2 saturated heterocycles. The van der Waals surface area contributed by atoms with E-state index in [2.05, 4.69) is 0 Å². The lowest BCUT2D eigenvalue weighted by molar-refractivity contribution is -0.158. The van der Waals surface area contributed by atoms with E-state index in [1.807, 2.05) is 27.7 Å². The van der Waals surface area contributed by atoms with Crippen LogP contribution < -0.4 is 5.46 Å². The monoisotopic (exact) mass is 471 g/mol. The van der Waals surface area contributed by atoms with Gasteiger partial charge in [-0.25, -0.2) is 8.42 Å². The third kappa shape index (κ3) is 4.81. The van der Waals surface area contributed by atoms with Crippen molar-refractivity contribution in [2.45, 2.75) is 89.0 Å². The molecule has 0 aromatic heterocycles. The van der Waals surface area contributed by atoms with Gasteiger partial charge in [0.25, 0.3) is 0 Å². The van der Waals surface area contributed by atoms with E-state index in [1.54, 1.807) is 26.8 Å². The second-order valence-electron chi connectivity index (χ2n) is 10.1. The SMILES string of the molecule is CC(C)(C)OC(=O)[C@@H]1CCCN1S(=O)(=O)c1ccc(Cl)cc1B1OC(C)(C)C(C)(C)O1. The van der Waals surface area contributed by atoms with Gasteiger partial charge in [0.05, 0.1) is 16.1 Å². The lowest BCUT2D eigenvalue weighted by atomic mass is 9.79.